The Morgan fingerprint density at radius 3 is 2.85 bits per heavy atom. The van der Waals surface area contributed by atoms with Crippen molar-refractivity contribution >= 4 is 6.03 Å². The van der Waals surface area contributed by atoms with Gasteiger partial charge in [-0.1, -0.05) is 6.42 Å². The number of urea groups is 1. The van der Waals surface area contributed by atoms with Crippen LogP contribution in [0.25, 0.3) is 0 Å². The van der Waals surface area contributed by atoms with E-state index in [9.17, 15) is 4.79 Å². The number of hydrogen-bond donors (Lipinski definition) is 3. The lowest BCUT2D eigenvalue weighted by Crippen LogP contribution is -2.45. The highest BCUT2D eigenvalue weighted by molar-refractivity contribution is 5.74. The number of aliphatic hydroxyl groups is 1. The lowest BCUT2D eigenvalue weighted by Gasteiger charge is -2.28. The molecule has 0 spiro atoms. The van der Waals surface area contributed by atoms with E-state index in [1.807, 2.05) is 0 Å². The molecule has 2 amide bonds. The summed E-state index contributed by atoms with van der Waals surface area (Å²) in [6.07, 6.45) is 6.19. The molecule has 20 heavy (non-hydrogen) atoms. The molecule has 2 saturated carbocycles. The van der Waals surface area contributed by atoms with Crippen LogP contribution in [0, 0.1) is 17.8 Å². The average molecular weight is 284 g/mol. The first-order valence-electron chi connectivity index (χ1n) is 7.93. The van der Waals surface area contributed by atoms with Gasteiger partial charge in [-0.3, -0.25) is 0 Å². The smallest absolute Gasteiger partial charge is 0.315 e. The molecule has 4 unspecified atom stereocenters. The summed E-state index contributed by atoms with van der Waals surface area (Å²) >= 11 is 0. The van der Waals surface area contributed by atoms with E-state index in [2.05, 4.69) is 17.6 Å². The van der Waals surface area contributed by atoms with Crippen LogP contribution < -0.4 is 10.6 Å². The number of carbonyl (C=O) groups is 1. The first kappa shape index (κ1) is 15.6. The highest BCUT2D eigenvalue weighted by Gasteiger charge is 2.42. The van der Waals surface area contributed by atoms with E-state index in [4.69, 9.17) is 9.84 Å². The number of ether oxygens (including phenoxy) is 1. The van der Waals surface area contributed by atoms with E-state index >= 15 is 0 Å². The number of aliphatic hydroxyl groups excluding tert-OH is 1. The Kier molecular flexibility index (Phi) is 6.10. The van der Waals surface area contributed by atoms with Gasteiger partial charge >= 0.3 is 6.03 Å². The molecule has 2 aliphatic carbocycles. The van der Waals surface area contributed by atoms with Crippen molar-refractivity contribution in [2.45, 2.75) is 45.1 Å². The molecule has 5 nitrogen and oxygen atoms in total. The maximum Gasteiger partial charge on any atom is 0.315 e. The van der Waals surface area contributed by atoms with Crippen LogP contribution in [0.15, 0.2) is 0 Å². The Hall–Kier alpha value is -0.810. The Morgan fingerprint density at radius 1 is 1.35 bits per heavy atom. The van der Waals surface area contributed by atoms with Crippen LogP contribution in [0.3, 0.4) is 0 Å². The summed E-state index contributed by atoms with van der Waals surface area (Å²) < 4.78 is 5.14. The molecule has 0 heterocycles. The predicted molar refractivity (Wildman–Crippen MR) is 77.5 cm³/mol. The summed E-state index contributed by atoms with van der Waals surface area (Å²) in [7, 11) is 0. The molecule has 0 saturated heterocycles. The normalized spacial score (nSPS) is 29.4. The van der Waals surface area contributed by atoms with Gasteiger partial charge in [-0.05, 0) is 50.4 Å². The fourth-order valence-corrected chi connectivity index (χ4v) is 3.81. The summed E-state index contributed by atoms with van der Waals surface area (Å²) in [5, 5.41) is 14.5. The zero-order valence-corrected chi connectivity index (χ0v) is 12.4. The largest absolute Gasteiger partial charge is 0.394 e. The monoisotopic (exact) mass is 284 g/mol. The van der Waals surface area contributed by atoms with E-state index in [0.29, 0.717) is 25.7 Å². The molecule has 2 aliphatic rings. The van der Waals surface area contributed by atoms with Crippen LogP contribution in [0.2, 0.25) is 0 Å². The Balaban J connectivity index is 1.55. The molecule has 0 radical (unpaired) electrons. The molecule has 0 aliphatic heterocycles. The molecule has 3 N–H and O–H groups in total. The van der Waals surface area contributed by atoms with Crippen LogP contribution >= 0.6 is 0 Å². The minimum atomic E-state index is -0.0672. The van der Waals surface area contributed by atoms with Crippen LogP contribution in [0.4, 0.5) is 4.79 Å². The molecule has 5 heteroatoms. The molecule has 2 rings (SSSR count). The Bertz CT molecular complexity index is 311. The van der Waals surface area contributed by atoms with Gasteiger partial charge in [0, 0.05) is 19.2 Å². The quantitative estimate of drug-likeness (QED) is 0.592. The second kappa shape index (κ2) is 7.84. The standard InChI is InChI=1S/C15H28N2O3/c1-11(14-10-12-3-4-13(14)9-12)17-15(19)16-5-2-7-20-8-6-18/h11-14,18H,2-10H2,1H3,(H2,16,17,19). The third-order valence-electron chi connectivity index (χ3n) is 4.78. The lowest BCUT2D eigenvalue weighted by atomic mass is 9.84. The summed E-state index contributed by atoms with van der Waals surface area (Å²) in [5.74, 6) is 2.43. The first-order valence-corrected chi connectivity index (χ1v) is 7.93. The van der Waals surface area contributed by atoms with E-state index in [0.717, 1.165) is 18.3 Å². The van der Waals surface area contributed by atoms with Crippen molar-refractivity contribution < 1.29 is 14.6 Å². The van der Waals surface area contributed by atoms with Crippen LogP contribution in [-0.2, 0) is 4.74 Å². The Labute approximate surface area is 121 Å². The van der Waals surface area contributed by atoms with Crippen molar-refractivity contribution in [3.63, 3.8) is 0 Å². The summed E-state index contributed by atoms with van der Waals surface area (Å²) in [6, 6.07) is 0.207. The number of rotatable bonds is 8. The highest BCUT2D eigenvalue weighted by Crippen LogP contribution is 2.49. The number of nitrogens with one attached hydrogen (secondary N) is 2. The number of fused-ring (bicyclic) bond motifs is 2. The fraction of sp³-hybridized carbons (Fsp3) is 0.933. The molecule has 4 atom stereocenters. The van der Waals surface area contributed by atoms with Gasteiger partial charge < -0.3 is 20.5 Å². The van der Waals surface area contributed by atoms with Gasteiger partial charge in [0.15, 0.2) is 0 Å². The summed E-state index contributed by atoms with van der Waals surface area (Å²) in [4.78, 5) is 11.8. The molecule has 0 aromatic rings. The van der Waals surface area contributed by atoms with Crippen molar-refractivity contribution in [1.82, 2.24) is 10.6 Å². The van der Waals surface area contributed by atoms with Gasteiger partial charge in [0.2, 0.25) is 0 Å². The maximum atomic E-state index is 11.8. The molecule has 2 fully saturated rings. The minimum Gasteiger partial charge on any atom is -0.394 e. The SMILES string of the molecule is CC(NC(=O)NCCCOCCO)C1CC2CCC1C2. The average Bonchev–Trinajstić information content (AvgIpc) is 3.05. The third-order valence-corrected chi connectivity index (χ3v) is 4.78. The number of amides is 2. The zero-order valence-electron chi connectivity index (χ0n) is 12.4. The maximum absolute atomic E-state index is 11.8. The summed E-state index contributed by atoms with van der Waals surface area (Å²) in [5.41, 5.74) is 0. The van der Waals surface area contributed by atoms with Gasteiger partial charge in [0.05, 0.1) is 13.2 Å². The van der Waals surface area contributed by atoms with Crippen LogP contribution in [0.5, 0.6) is 0 Å². The molecule has 0 aromatic heterocycles. The van der Waals surface area contributed by atoms with E-state index in [1.165, 1.54) is 25.7 Å². The topological polar surface area (TPSA) is 70.6 Å². The number of hydrogen-bond acceptors (Lipinski definition) is 3. The summed E-state index contributed by atoms with van der Waals surface area (Å²) in [6.45, 7) is 3.74. The fourth-order valence-electron chi connectivity index (χ4n) is 3.81. The molecular formula is C15H28N2O3. The third kappa shape index (κ3) is 4.35. The molecule has 0 aromatic carbocycles. The zero-order chi connectivity index (χ0) is 14.4. The predicted octanol–water partition coefficient (Wildman–Crippen LogP) is 1.51. The molecule has 2 bridgehead atoms. The van der Waals surface area contributed by atoms with Crippen molar-refractivity contribution in [3.05, 3.63) is 0 Å². The van der Waals surface area contributed by atoms with Gasteiger partial charge in [-0.2, -0.15) is 0 Å². The molecular weight excluding hydrogens is 256 g/mol. The van der Waals surface area contributed by atoms with Gasteiger partial charge in [-0.15, -0.1) is 0 Å². The number of carbonyl (C=O) groups excluding carboxylic acids is 1. The van der Waals surface area contributed by atoms with E-state index in [1.54, 1.807) is 0 Å². The highest BCUT2D eigenvalue weighted by atomic mass is 16.5. The van der Waals surface area contributed by atoms with Crippen molar-refractivity contribution in [2.24, 2.45) is 17.8 Å². The second-order valence-electron chi connectivity index (χ2n) is 6.22. The second-order valence-corrected chi connectivity index (χ2v) is 6.22. The van der Waals surface area contributed by atoms with Crippen molar-refractivity contribution in [2.75, 3.05) is 26.4 Å². The lowest BCUT2D eigenvalue weighted by molar-refractivity contribution is 0.0909. The van der Waals surface area contributed by atoms with Crippen molar-refractivity contribution in [1.29, 1.82) is 0 Å². The Morgan fingerprint density at radius 2 is 2.20 bits per heavy atom. The van der Waals surface area contributed by atoms with Gasteiger partial charge in [0.25, 0.3) is 0 Å². The van der Waals surface area contributed by atoms with E-state index < -0.39 is 0 Å². The van der Waals surface area contributed by atoms with Crippen LogP contribution in [0.1, 0.15) is 39.0 Å². The first-order chi connectivity index (χ1) is 9.70. The van der Waals surface area contributed by atoms with Gasteiger partial charge in [0.1, 0.15) is 0 Å². The van der Waals surface area contributed by atoms with Crippen LogP contribution in [-0.4, -0.2) is 43.5 Å². The minimum absolute atomic E-state index is 0.0506. The van der Waals surface area contributed by atoms with E-state index in [-0.39, 0.29) is 18.7 Å². The molecule has 116 valence electrons. The van der Waals surface area contributed by atoms with Gasteiger partial charge in [-0.25, -0.2) is 4.79 Å². The van der Waals surface area contributed by atoms with Crippen molar-refractivity contribution in [3.8, 4) is 0 Å².